The zero-order chi connectivity index (χ0) is 9.10. The lowest BCUT2D eigenvalue weighted by molar-refractivity contribution is 0.918. The van der Waals surface area contributed by atoms with Gasteiger partial charge in [0.2, 0.25) is 0 Å². The number of hydrogen-bond acceptors (Lipinski definition) is 2. The number of anilines is 1. The molecule has 3 nitrogen and oxygen atoms in total. The van der Waals surface area contributed by atoms with E-state index in [-0.39, 0.29) is 0 Å². The highest BCUT2D eigenvalue weighted by Gasteiger charge is 2.21. The van der Waals surface area contributed by atoms with Gasteiger partial charge in [-0.15, -0.1) is 0 Å². The molecule has 13 heavy (non-hydrogen) atoms. The van der Waals surface area contributed by atoms with Gasteiger partial charge in [0, 0.05) is 12.2 Å². The molecule has 1 aliphatic carbocycles. The van der Waals surface area contributed by atoms with Crippen LogP contribution in [0.25, 0.3) is 0 Å². The summed E-state index contributed by atoms with van der Waals surface area (Å²) in [5.41, 5.74) is 0. The highest BCUT2D eigenvalue weighted by Crippen LogP contribution is 2.18. The van der Waals surface area contributed by atoms with Crippen LogP contribution in [0, 0.1) is 0 Å². The highest BCUT2D eigenvalue weighted by atomic mass is 32.1. The van der Waals surface area contributed by atoms with Crippen molar-refractivity contribution in [2.24, 2.45) is 0 Å². The standard InChI is InChI=1S/C9H11N3S/c13-9(11-7-4-5-7)12-8-3-1-2-6-10-8/h1-3,6-7H,4-5H2,(H2,10,11,12,13). The first-order valence-corrected chi connectivity index (χ1v) is 4.74. The van der Waals surface area contributed by atoms with E-state index < -0.39 is 0 Å². The van der Waals surface area contributed by atoms with Crippen LogP contribution in [0.1, 0.15) is 12.8 Å². The Balaban J connectivity index is 1.86. The molecule has 0 aromatic carbocycles. The summed E-state index contributed by atoms with van der Waals surface area (Å²) in [6, 6.07) is 6.28. The number of rotatable bonds is 2. The Morgan fingerprint density at radius 1 is 1.46 bits per heavy atom. The summed E-state index contributed by atoms with van der Waals surface area (Å²) >= 11 is 5.09. The molecule has 0 atom stereocenters. The van der Waals surface area contributed by atoms with E-state index in [1.807, 2.05) is 18.2 Å². The summed E-state index contributed by atoms with van der Waals surface area (Å²) < 4.78 is 0. The first kappa shape index (κ1) is 8.44. The second-order valence-electron chi connectivity index (χ2n) is 3.09. The van der Waals surface area contributed by atoms with E-state index in [0.29, 0.717) is 11.2 Å². The normalized spacial score (nSPS) is 15.1. The molecule has 0 aliphatic heterocycles. The van der Waals surface area contributed by atoms with Gasteiger partial charge in [-0.2, -0.15) is 0 Å². The third-order valence-electron chi connectivity index (χ3n) is 1.82. The fourth-order valence-electron chi connectivity index (χ4n) is 1.00. The third kappa shape index (κ3) is 2.66. The van der Waals surface area contributed by atoms with Crippen molar-refractivity contribution in [3.8, 4) is 0 Å². The quantitative estimate of drug-likeness (QED) is 0.698. The molecule has 0 unspecified atom stereocenters. The molecular weight excluding hydrogens is 182 g/mol. The van der Waals surface area contributed by atoms with Crippen molar-refractivity contribution in [1.82, 2.24) is 10.3 Å². The second kappa shape index (κ2) is 3.70. The number of nitrogens with one attached hydrogen (secondary N) is 2. The first-order chi connectivity index (χ1) is 6.34. The molecule has 0 saturated heterocycles. The van der Waals surface area contributed by atoms with E-state index in [9.17, 15) is 0 Å². The maximum Gasteiger partial charge on any atom is 0.172 e. The van der Waals surface area contributed by atoms with Gasteiger partial charge in [0.05, 0.1) is 0 Å². The highest BCUT2D eigenvalue weighted by molar-refractivity contribution is 7.80. The Bertz CT molecular complexity index is 295. The van der Waals surface area contributed by atoms with E-state index in [4.69, 9.17) is 12.2 Å². The van der Waals surface area contributed by atoms with Crippen LogP contribution in [0.15, 0.2) is 24.4 Å². The molecule has 1 aromatic rings. The minimum atomic E-state index is 0.587. The van der Waals surface area contributed by atoms with Gasteiger partial charge in [-0.1, -0.05) is 6.07 Å². The van der Waals surface area contributed by atoms with Crippen LogP contribution < -0.4 is 10.6 Å². The van der Waals surface area contributed by atoms with Gasteiger partial charge in [0.25, 0.3) is 0 Å². The van der Waals surface area contributed by atoms with Gasteiger partial charge in [0.15, 0.2) is 5.11 Å². The van der Waals surface area contributed by atoms with Crippen LogP contribution in [0.4, 0.5) is 5.82 Å². The zero-order valence-corrected chi connectivity index (χ0v) is 7.97. The fraction of sp³-hybridized carbons (Fsp3) is 0.333. The van der Waals surface area contributed by atoms with Gasteiger partial charge < -0.3 is 10.6 Å². The summed E-state index contributed by atoms with van der Waals surface area (Å²) in [4.78, 5) is 4.11. The van der Waals surface area contributed by atoms with Crippen molar-refractivity contribution in [2.75, 3.05) is 5.32 Å². The first-order valence-electron chi connectivity index (χ1n) is 4.33. The number of hydrogen-bond donors (Lipinski definition) is 2. The molecule has 68 valence electrons. The second-order valence-corrected chi connectivity index (χ2v) is 3.50. The molecule has 1 aliphatic rings. The SMILES string of the molecule is S=C(Nc1ccccn1)NC1CC1. The molecule has 0 amide bonds. The van der Waals surface area contributed by atoms with Crippen molar-refractivity contribution >= 4 is 23.1 Å². The van der Waals surface area contributed by atoms with Crippen LogP contribution in [-0.4, -0.2) is 16.1 Å². The van der Waals surface area contributed by atoms with E-state index in [2.05, 4.69) is 15.6 Å². The Morgan fingerprint density at radius 3 is 2.92 bits per heavy atom. The van der Waals surface area contributed by atoms with E-state index in [0.717, 1.165) is 5.82 Å². The van der Waals surface area contributed by atoms with E-state index in [1.165, 1.54) is 12.8 Å². The van der Waals surface area contributed by atoms with Gasteiger partial charge in [-0.25, -0.2) is 4.98 Å². The molecule has 1 fully saturated rings. The Kier molecular flexibility index (Phi) is 2.40. The molecule has 2 rings (SSSR count). The van der Waals surface area contributed by atoms with E-state index in [1.54, 1.807) is 6.20 Å². The molecule has 2 N–H and O–H groups in total. The maximum atomic E-state index is 5.09. The van der Waals surface area contributed by atoms with Crippen molar-refractivity contribution in [1.29, 1.82) is 0 Å². The predicted molar refractivity (Wildman–Crippen MR) is 56.6 cm³/mol. The van der Waals surface area contributed by atoms with Crippen LogP contribution in [0.5, 0.6) is 0 Å². The Morgan fingerprint density at radius 2 is 2.31 bits per heavy atom. The number of pyridine rings is 1. The topological polar surface area (TPSA) is 37.0 Å². The number of nitrogens with zero attached hydrogens (tertiary/aromatic N) is 1. The van der Waals surface area contributed by atoms with Crippen LogP contribution >= 0.6 is 12.2 Å². The zero-order valence-electron chi connectivity index (χ0n) is 7.16. The molecule has 1 heterocycles. The van der Waals surface area contributed by atoms with Crippen molar-refractivity contribution in [2.45, 2.75) is 18.9 Å². The maximum absolute atomic E-state index is 5.09. The summed E-state index contributed by atoms with van der Waals surface area (Å²) in [5.74, 6) is 0.792. The van der Waals surface area contributed by atoms with Crippen molar-refractivity contribution in [3.63, 3.8) is 0 Å². The van der Waals surface area contributed by atoms with Crippen LogP contribution in [0.3, 0.4) is 0 Å². The molecule has 0 radical (unpaired) electrons. The minimum absolute atomic E-state index is 0.587. The van der Waals surface area contributed by atoms with Crippen LogP contribution in [-0.2, 0) is 0 Å². The van der Waals surface area contributed by atoms with Gasteiger partial charge in [0.1, 0.15) is 5.82 Å². The molecule has 1 saturated carbocycles. The fourth-order valence-corrected chi connectivity index (χ4v) is 1.27. The molecule has 4 heteroatoms. The van der Waals surface area contributed by atoms with Crippen molar-refractivity contribution in [3.05, 3.63) is 24.4 Å². The monoisotopic (exact) mass is 193 g/mol. The van der Waals surface area contributed by atoms with Gasteiger partial charge in [-0.3, -0.25) is 0 Å². The predicted octanol–water partition coefficient (Wildman–Crippen LogP) is 1.53. The minimum Gasteiger partial charge on any atom is -0.360 e. The summed E-state index contributed by atoms with van der Waals surface area (Å²) in [5, 5.41) is 6.87. The summed E-state index contributed by atoms with van der Waals surface area (Å²) in [6.45, 7) is 0. The number of aromatic nitrogens is 1. The Labute approximate surface area is 82.6 Å². The van der Waals surface area contributed by atoms with Gasteiger partial charge >= 0.3 is 0 Å². The summed E-state index contributed by atoms with van der Waals surface area (Å²) in [6.07, 6.45) is 4.19. The smallest absolute Gasteiger partial charge is 0.172 e. The van der Waals surface area contributed by atoms with Crippen LogP contribution in [0.2, 0.25) is 0 Å². The third-order valence-corrected chi connectivity index (χ3v) is 2.04. The molecule has 0 bridgehead atoms. The Hall–Kier alpha value is -1.16. The molecular formula is C9H11N3S. The average Bonchev–Trinajstić information content (AvgIpc) is 2.90. The molecule has 1 aromatic heterocycles. The average molecular weight is 193 g/mol. The largest absolute Gasteiger partial charge is 0.360 e. The van der Waals surface area contributed by atoms with Crippen molar-refractivity contribution < 1.29 is 0 Å². The molecule has 0 spiro atoms. The summed E-state index contributed by atoms with van der Waals surface area (Å²) in [7, 11) is 0. The lowest BCUT2D eigenvalue weighted by Gasteiger charge is -2.07. The van der Waals surface area contributed by atoms with Gasteiger partial charge in [-0.05, 0) is 37.2 Å². The lowest BCUT2D eigenvalue weighted by atomic mass is 10.5. The lowest BCUT2D eigenvalue weighted by Crippen LogP contribution is -2.30. The van der Waals surface area contributed by atoms with E-state index >= 15 is 0 Å². The number of thiocarbonyl (C=S) groups is 1.